The maximum atomic E-state index is 13.1. The Labute approximate surface area is 212 Å². The molecular weight excluding hydrogens is 488 g/mol. The molecule has 0 bridgehead atoms. The fraction of sp³-hybridized carbons (Fsp3) is 0.478. The first-order chi connectivity index (χ1) is 17.4. The third-order valence-corrected chi connectivity index (χ3v) is 5.88. The van der Waals surface area contributed by atoms with E-state index < -0.39 is 66.1 Å². The number of phenolic OH excluding ortho intramolecular Hbond substituents is 1. The molecule has 0 radical (unpaired) electrons. The van der Waals surface area contributed by atoms with E-state index in [0.29, 0.717) is 18.4 Å². The van der Waals surface area contributed by atoms with Gasteiger partial charge in [0, 0.05) is 13.0 Å². The lowest BCUT2D eigenvalue weighted by Gasteiger charge is -2.28. The number of hydrogen-bond donors (Lipinski definition) is 7. The predicted molar refractivity (Wildman–Crippen MR) is 128 cm³/mol. The van der Waals surface area contributed by atoms with Crippen LogP contribution in [0.2, 0.25) is 0 Å². The van der Waals surface area contributed by atoms with E-state index in [1.807, 2.05) is 0 Å². The van der Waals surface area contributed by atoms with Crippen LogP contribution in [0.15, 0.2) is 24.3 Å². The lowest BCUT2D eigenvalue weighted by atomic mass is 10.0. The number of hydrogen-bond acceptors (Lipinski definition) is 8. The van der Waals surface area contributed by atoms with E-state index in [2.05, 4.69) is 10.6 Å². The van der Waals surface area contributed by atoms with Gasteiger partial charge < -0.3 is 42.9 Å². The summed E-state index contributed by atoms with van der Waals surface area (Å²) in [6.45, 7) is 0.262. The highest BCUT2D eigenvalue weighted by Crippen LogP contribution is 2.20. The molecule has 4 atom stereocenters. The van der Waals surface area contributed by atoms with Gasteiger partial charge in [0.25, 0.3) is 0 Å². The summed E-state index contributed by atoms with van der Waals surface area (Å²) in [6.07, 6.45) is -0.236. The van der Waals surface area contributed by atoms with Crippen molar-refractivity contribution in [2.45, 2.75) is 62.7 Å². The van der Waals surface area contributed by atoms with Crippen molar-refractivity contribution in [1.29, 1.82) is 0 Å². The van der Waals surface area contributed by atoms with Gasteiger partial charge in [-0.05, 0) is 43.4 Å². The maximum Gasteiger partial charge on any atom is 0.326 e. The SMILES string of the molecule is NC(=O)CCC(NC(=O)C1CCCN1C(=O)C(N)Cc1ccc(O)cc1)C(=O)NC(CC(N)=O)C(=O)O. The van der Waals surface area contributed by atoms with Gasteiger partial charge in [0.2, 0.25) is 29.5 Å². The van der Waals surface area contributed by atoms with Gasteiger partial charge in [-0.25, -0.2) is 4.79 Å². The van der Waals surface area contributed by atoms with Crippen molar-refractivity contribution >= 4 is 35.5 Å². The van der Waals surface area contributed by atoms with Crippen LogP contribution in [-0.4, -0.2) is 81.3 Å². The summed E-state index contributed by atoms with van der Waals surface area (Å²) in [6, 6.07) is 1.28. The van der Waals surface area contributed by atoms with Crippen molar-refractivity contribution in [3.05, 3.63) is 29.8 Å². The number of nitrogens with one attached hydrogen (secondary N) is 2. The Morgan fingerprint density at radius 2 is 1.65 bits per heavy atom. The molecule has 202 valence electrons. The summed E-state index contributed by atoms with van der Waals surface area (Å²) in [5.41, 5.74) is 17.0. The van der Waals surface area contributed by atoms with Crippen LogP contribution in [0.5, 0.6) is 5.75 Å². The van der Waals surface area contributed by atoms with Crippen LogP contribution < -0.4 is 27.8 Å². The van der Waals surface area contributed by atoms with Gasteiger partial charge in [-0.15, -0.1) is 0 Å². The molecule has 14 nitrogen and oxygen atoms in total. The summed E-state index contributed by atoms with van der Waals surface area (Å²) in [7, 11) is 0. The fourth-order valence-electron chi connectivity index (χ4n) is 3.99. The van der Waals surface area contributed by atoms with Crippen LogP contribution in [0.3, 0.4) is 0 Å². The molecule has 10 N–H and O–H groups in total. The predicted octanol–water partition coefficient (Wildman–Crippen LogP) is -2.55. The third-order valence-electron chi connectivity index (χ3n) is 5.88. The van der Waals surface area contributed by atoms with Crippen molar-refractivity contribution in [2.24, 2.45) is 17.2 Å². The van der Waals surface area contributed by atoms with Gasteiger partial charge in [-0.1, -0.05) is 12.1 Å². The van der Waals surface area contributed by atoms with Crippen LogP contribution in [0.4, 0.5) is 0 Å². The molecule has 5 amide bonds. The smallest absolute Gasteiger partial charge is 0.326 e. The molecule has 1 aliphatic rings. The quantitative estimate of drug-likeness (QED) is 0.144. The Bertz CT molecular complexity index is 1030. The molecule has 2 rings (SSSR count). The van der Waals surface area contributed by atoms with E-state index in [9.17, 15) is 39.0 Å². The van der Waals surface area contributed by atoms with Gasteiger partial charge in [0.15, 0.2) is 0 Å². The summed E-state index contributed by atoms with van der Waals surface area (Å²) < 4.78 is 0. The molecule has 0 spiro atoms. The molecule has 1 aromatic rings. The molecule has 0 saturated carbocycles. The second kappa shape index (κ2) is 13.2. The van der Waals surface area contributed by atoms with Crippen molar-refractivity contribution < 1.29 is 39.0 Å². The normalized spacial score (nSPS) is 17.3. The number of aromatic hydroxyl groups is 1. The maximum absolute atomic E-state index is 13.1. The molecule has 1 saturated heterocycles. The van der Waals surface area contributed by atoms with Crippen LogP contribution >= 0.6 is 0 Å². The van der Waals surface area contributed by atoms with Gasteiger partial charge in [-0.2, -0.15) is 0 Å². The number of aliphatic carboxylic acids is 1. The Morgan fingerprint density at radius 3 is 2.22 bits per heavy atom. The zero-order valence-corrected chi connectivity index (χ0v) is 20.1. The number of carboxylic acid groups (broad SMARTS) is 1. The van der Waals surface area contributed by atoms with Gasteiger partial charge in [0.05, 0.1) is 12.5 Å². The molecule has 4 unspecified atom stereocenters. The van der Waals surface area contributed by atoms with Crippen LogP contribution in [0.25, 0.3) is 0 Å². The van der Waals surface area contributed by atoms with E-state index in [4.69, 9.17) is 17.2 Å². The Balaban J connectivity index is 2.10. The van der Waals surface area contributed by atoms with E-state index in [-0.39, 0.29) is 31.6 Å². The number of nitrogens with two attached hydrogens (primary N) is 3. The summed E-state index contributed by atoms with van der Waals surface area (Å²) in [5, 5.41) is 23.2. The monoisotopic (exact) mass is 520 g/mol. The molecule has 1 aromatic carbocycles. The van der Waals surface area contributed by atoms with Crippen molar-refractivity contribution in [3.63, 3.8) is 0 Å². The zero-order chi connectivity index (χ0) is 27.7. The second-order valence-corrected chi connectivity index (χ2v) is 8.80. The molecule has 14 heteroatoms. The number of carbonyl (C=O) groups is 6. The van der Waals surface area contributed by atoms with Crippen LogP contribution in [0, 0.1) is 0 Å². The minimum atomic E-state index is -1.64. The molecule has 0 aliphatic carbocycles. The van der Waals surface area contributed by atoms with Gasteiger partial charge in [-0.3, -0.25) is 24.0 Å². The summed E-state index contributed by atoms with van der Waals surface area (Å²) >= 11 is 0. The Kier molecular flexibility index (Phi) is 10.4. The van der Waals surface area contributed by atoms with E-state index >= 15 is 0 Å². The van der Waals surface area contributed by atoms with Crippen molar-refractivity contribution in [3.8, 4) is 5.75 Å². The second-order valence-electron chi connectivity index (χ2n) is 8.80. The standard InChI is InChI=1S/C23H32N6O8/c24-14(10-12-3-5-13(30)6-4-12)22(35)29-9-1-2-17(29)21(34)27-15(7-8-18(25)31)20(33)28-16(23(36)37)11-19(26)32/h3-6,14-17,30H,1-2,7-11,24H2,(H2,25,31)(H2,26,32)(H,27,34)(H,28,33)(H,36,37). The fourth-order valence-corrected chi connectivity index (χ4v) is 3.99. The summed E-state index contributed by atoms with van der Waals surface area (Å²) in [5.74, 6) is -5.28. The lowest BCUT2D eigenvalue weighted by Crippen LogP contribution is -2.57. The third kappa shape index (κ3) is 8.75. The Hall–Kier alpha value is -4.20. The van der Waals surface area contributed by atoms with E-state index in [1.54, 1.807) is 12.1 Å². The molecule has 1 fully saturated rings. The number of primary amides is 2. The van der Waals surface area contributed by atoms with E-state index in [0.717, 1.165) is 0 Å². The first-order valence-corrected chi connectivity index (χ1v) is 11.6. The number of carbonyl (C=O) groups excluding carboxylic acids is 5. The van der Waals surface area contributed by atoms with E-state index in [1.165, 1.54) is 17.0 Å². The first-order valence-electron chi connectivity index (χ1n) is 11.6. The minimum absolute atomic E-state index is 0.0687. The molecule has 1 aliphatic heterocycles. The largest absolute Gasteiger partial charge is 0.508 e. The topological polar surface area (TPSA) is 248 Å². The zero-order valence-electron chi connectivity index (χ0n) is 20.1. The van der Waals surface area contributed by atoms with Crippen molar-refractivity contribution in [2.75, 3.05) is 6.54 Å². The van der Waals surface area contributed by atoms with Crippen LogP contribution in [0.1, 0.15) is 37.7 Å². The number of amides is 5. The number of benzene rings is 1. The van der Waals surface area contributed by atoms with Gasteiger partial charge >= 0.3 is 5.97 Å². The molecular formula is C23H32N6O8. The number of carboxylic acids is 1. The Morgan fingerprint density at radius 1 is 1.00 bits per heavy atom. The average molecular weight is 521 g/mol. The van der Waals surface area contributed by atoms with Crippen LogP contribution in [-0.2, 0) is 35.2 Å². The average Bonchev–Trinajstić information content (AvgIpc) is 3.31. The van der Waals surface area contributed by atoms with Gasteiger partial charge in [0.1, 0.15) is 23.9 Å². The number of nitrogens with zero attached hydrogens (tertiary/aromatic N) is 1. The minimum Gasteiger partial charge on any atom is -0.508 e. The summed E-state index contributed by atoms with van der Waals surface area (Å²) in [4.78, 5) is 73.9. The molecule has 1 heterocycles. The number of phenols is 1. The highest BCUT2D eigenvalue weighted by Gasteiger charge is 2.38. The first kappa shape index (κ1) is 29.0. The highest BCUT2D eigenvalue weighted by molar-refractivity contribution is 5.95. The molecule has 0 aromatic heterocycles. The number of likely N-dealkylation sites (tertiary alicyclic amines) is 1. The highest BCUT2D eigenvalue weighted by atomic mass is 16.4. The van der Waals surface area contributed by atoms with Crippen molar-refractivity contribution in [1.82, 2.24) is 15.5 Å². The number of rotatable bonds is 13. The molecule has 37 heavy (non-hydrogen) atoms. The lowest BCUT2D eigenvalue weighted by molar-refractivity contribution is -0.144.